The number of benzene rings is 1. The number of rotatable bonds is 5. The maximum absolute atomic E-state index is 12.6. The standard InChI is InChI=1S/C26H33NO6/c1-5-30-21-12-16-6-7-18(14-20(16)32-22(21)28)31-19-13-17-8-9-26(11-10-25(17,26)15-19)27-23(29)33-24(2,3)4/h6-7,12,14,17,19H,5,8-11,13,15H2,1-4H3,(H,27,29)/t17-,19-,25?,26?/m0/s1. The van der Waals surface area contributed by atoms with Crippen LogP contribution in [0.2, 0.25) is 0 Å². The van der Waals surface area contributed by atoms with Crippen LogP contribution in [0.1, 0.15) is 66.2 Å². The van der Waals surface area contributed by atoms with Crippen LogP contribution in [0.4, 0.5) is 4.79 Å². The Kier molecular flexibility index (Phi) is 5.14. The Labute approximate surface area is 193 Å². The first-order chi connectivity index (χ1) is 15.6. The van der Waals surface area contributed by atoms with Crippen molar-refractivity contribution in [3.8, 4) is 11.5 Å². The van der Waals surface area contributed by atoms with Gasteiger partial charge in [-0.05, 0) is 90.3 Å². The maximum atomic E-state index is 12.6. The minimum atomic E-state index is -0.508. The lowest BCUT2D eigenvalue weighted by Gasteiger charge is -2.56. The smallest absolute Gasteiger partial charge is 0.408 e. The average molecular weight is 456 g/mol. The van der Waals surface area contributed by atoms with Gasteiger partial charge >= 0.3 is 11.7 Å². The highest BCUT2D eigenvalue weighted by Crippen LogP contribution is 2.70. The van der Waals surface area contributed by atoms with Gasteiger partial charge in [0.15, 0.2) is 0 Å². The van der Waals surface area contributed by atoms with Gasteiger partial charge in [-0.3, -0.25) is 0 Å². The minimum absolute atomic E-state index is 0.0716. The normalized spacial score (nSPS) is 30.3. The van der Waals surface area contributed by atoms with Crippen molar-refractivity contribution >= 4 is 17.1 Å². The van der Waals surface area contributed by atoms with Crippen molar-refractivity contribution in [2.75, 3.05) is 6.61 Å². The largest absolute Gasteiger partial charge is 0.490 e. The molecule has 0 bridgehead atoms. The lowest BCUT2D eigenvalue weighted by atomic mass is 9.54. The summed E-state index contributed by atoms with van der Waals surface area (Å²) >= 11 is 0. The van der Waals surface area contributed by atoms with E-state index in [1.54, 1.807) is 12.1 Å². The number of nitrogens with one attached hydrogen (secondary N) is 1. The fraction of sp³-hybridized carbons (Fsp3) is 0.615. The number of carbonyl (C=O) groups excluding carboxylic acids is 1. The molecule has 0 aliphatic heterocycles. The molecule has 0 saturated heterocycles. The van der Waals surface area contributed by atoms with Crippen molar-refractivity contribution in [2.24, 2.45) is 11.3 Å². The number of alkyl carbamates (subject to hydrolysis) is 1. The number of fused-ring (bicyclic) bond motifs is 1. The molecule has 3 saturated carbocycles. The summed E-state index contributed by atoms with van der Waals surface area (Å²) in [6, 6.07) is 7.29. The monoisotopic (exact) mass is 455 g/mol. The Morgan fingerprint density at radius 3 is 2.73 bits per heavy atom. The third kappa shape index (κ3) is 3.75. The Balaban J connectivity index is 1.30. The van der Waals surface area contributed by atoms with E-state index < -0.39 is 11.2 Å². The van der Waals surface area contributed by atoms with Gasteiger partial charge in [-0.1, -0.05) is 0 Å². The fourth-order valence-corrected chi connectivity index (χ4v) is 6.46. The third-order valence-corrected chi connectivity index (χ3v) is 7.81. The van der Waals surface area contributed by atoms with Crippen LogP contribution in [0.5, 0.6) is 11.5 Å². The van der Waals surface area contributed by atoms with Crippen LogP contribution >= 0.6 is 0 Å². The molecule has 1 aromatic carbocycles. The van der Waals surface area contributed by atoms with Crippen molar-refractivity contribution < 1.29 is 23.4 Å². The van der Waals surface area contributed by atoms with Gasteiger partial charge < -0.3 is 23.9 Å². The summed E-state index contributed by atoms with van der Waals surface area (Å²) in [6.45, 7) is 7.91. The Morgan fingerprint density at radius 2 is 2.03 bits per heavy atom. The molecule has 2 aromatic rings. The molecule has 2 unspecified atom stereocenters. The van der Waals surface area contributed by atoms with E-state index in [1.807, 2.05) is 39.8 Å². The molecule has 1 amide bonds. The summed E-state index contributed by atoms with van der Waals surface area (Å²) in [5.41, 5.74) is -0.593. The van der Waals surface area contributed by atoms with Crippen LogP contribution < -0.4 is 20.4 Å². The molecule has 33 heavy (non-hydrogen) atoms. The van der Waals surface area contributed by atoms with Gasteiger partial charge in [-0.2, -0.15) is 0 Å². The zero-order valence-corrected chi connectivity index (χ0v) is 19.9. The number of ether oxygens (including phenoxy) is 3. The van der Waals surface area contributed by atoms with Gasteiger partial charge in [0.2, 0.25) is 5.75 Å². The highest BCUT2D eigenvalue weighted by atomic mass is 16.6. The van der Waals surface area contributed by atoms with Crippen molar-refractivity contribution in [3.63, 3.8) is 0 Å². The highest BCUT2D eigenvalue weighted by molar-refractivity contribution is 5.79. The average Bonchev–Trinajstić information content (AvgIpc) is 3.18. The van der Waals surface area contributed by atoms with E-state index >= 15 is 0 Å². The molecule has 178 valence electrons. The van der Waals surface area contributed by atoms with Crippen molar-refractivity contribution in [3.05, 3.63) is 34.7 Å². The molecule has 3 aliphatic rings. The number of carbonyl (C=O) groups is 1. The fourth-order valence-electron chi connectivity index (χ4n) is 6.46. The maximum Gasteiger partial charge on any atom is 0.408 e. The van der Waals surface area contributed by atoms with E-state index in [9.17, 15) is 9.59 Å². The quantitative estimate of drug-likeness (QED) is 0.625. The molecule has 3 fully saturated rings. The van der Waals surface area contributed by atoms with Gasteiger partial charge in [0.25, 0.3) is 0 Å². The van der Waals surface area contributed by atoms with E-state index in [4.69, 9.17) is 18.6 Å². The molecule has 1 heterocycles. The summed E-state index contributed by atoms with van der Waals surface area (Å²) < 4.78 is 22.7. The van der Waals surface area contributed by atoms with Gasteiger partial charge in [0.1, 0.15) is 16.9 Å². The number of hydrogen-bond acceptors (Lipinski definition) is 6. The SMILES string of the molecule is CCOc1cc2ccc(O[C@H]3C[C@@H]4CCC5(NC(=O)OC(C)(C)C)CCC45C3)cc2oc1=O. The molecule has 4 atom stereocenters. The molecule has 7 heteroatoms. The molecular weight excluding hydrogens is 422 g/mol. The summed E-state index contributed by atoms with van der Waals surface area (Å²) in [7, 11) is 0. The van der Waals surface area contributed by atoms with Gasteiger partial charge in [0.05, 0.1) is 12.7 Å². The second-order valence-electron chi connectivity index (χ2n) is 10.8. The molecule has 1 aromatic heterocycles. The van der Waals surface area contributed by atoms with Crippen LogP contribution in [0, 0.1) is 11.3 Å². The molecule has 0 radical (unpaired) electrons. The second kappa shape index (κ2) is 7.67. The second-order valence-corrected chi connectivity index (χ2v) is 10.8. The van der Waals surface area contributed by atoms with Crippen LogP contribution in [-0.4, -0.2) is 29.9 Å². The van der Waals surface area contributed by atoms with Crippen LogP contribution in [0.15, 0.2) is 33.5 Å². The summed E-state index contributed by atoms with van der Waals surface area (Å²) in [4.78, 5) is 24.7. The van der Waals surface area contributed by atoms with Gasteiger partial charge in [0, 0.05) is 22.4 Å². The minimum Gasteiger partial charge on any atom is -0.490 e. The first kappa shape index (κ1) is 22.1. The molecule has 5 rings (SSSR count). The highest BCUT2D eigenvalue weighted by Gasteiger charge is 2.70. The van der Waals surface area contributed by atoms with Crippen LogP contribution in [0.3, 0.4) is 0 Å². The van der Waals surface area contributed by atoms with E-state index in [1.165, 1.54) is 0 Å². The molecular formula is C26H33NO6. The molecule has 7 nitrogen and oxygen atoms in total. The topological polar surface area (TPSA) is 87.0 Å². The summed E-state index contributed by atoms with van der Waals surface area (Å²) in [6.07, 6.45) is 5.86. The molecule has 3 aliphatic carbocycles. The van der Waals surface area contributed by atoms with Crippen molar-refractivity contribution in [2.45, 2.75) is 83.5 Å². The van der Waals surface area contributed by atoms with Gasteiger partial charge in [-0.15, -0.1) is 0 Å². The van der Waals surface area contributed by atoms with E-state index in [0.717, 1.165) is 43.9 Å². The Morgan fingerprint density at radius 1 is 1.21 bits per heavy atom. The van der Waals surface area contributed by atoms with E-state index in [2.05, 4.69) is 5.32 Å². The predicted octanol–water partition coefficient (Wildman–Crippen LogP) is 5.19. The lowest BCUT2D eigenvalue weighted by molar-refractivity contribution is -0.0345. The number of amides is 1. The zero-order valence-electron chi connectivity index (χ0n) is 19.9. The zero-order chi connectivity index (χ0) is 23.4. The Hall–Kier alpha value is -2.70. The van der Waals surface area contributed by atoms with Crippen LogP contribution in [0.25, 0.3) is 11.0 Å². The third-order valence-electron chi connectivity index (χ3n) is 7.81. The lowest BCUT2D eigenvalue weighted by Crippen LogP contribution is -2.65. The van der Waals surface area contributed by atoms with Crippen LogP contribution in [-0.2, 0) is 4.74 Å². The summed E-state index contributed by atoms with van der Waals surface area (Å²) in [5.74, 6) is 1.46. The summed E-state index contributed by atoms with van der Waals surface area (Å²) in [5, 5.41) is 4.06. The van der Waals surface area contributed by atoms with E-state index in [0.29, 0.717) is 23.9 Å². The number of hydrogen-bond donors (Lipinski definition) is 1. The van der Waals surface area contributed by atoms with E-state index in [-0.39, 0.29) is 28.9 Å². The predicted molar refractivity (Wildman–Crippen MR) is 124 cm³/mol. The molecule has 1 spiro atoms. The molecule has 1 N–H and O–H groups in total. The van der Waals surface area contributed by atoms with Crippen molar-refractivity contribution in [1.82, 2.24) is 5.32 Å². The first-order valence-electron chi connectivity index (χ1n) is 12.0. The van der Waals surface area contributed by atoms with Crippen molar-refractivity contribution in [1.29, 1.82) is 0 Å². The Bertz CT molecular complexity index is 1130. The van der Waals surface area contributed by atoms with Gasteiger partial charge in [-0.25, -0.2) is 9.59 Å². The first-order valence-corrected chi connectivity index (χ1v) is 12.0.